The van der Waals surface area contributed by atoms with Crippen molar-refractivity contribution in [2.75, 3.05) is 36.0 Å². The molecule has 0 unspecified atom stereocenters. The maximum atomic E-state index is 6.19. The molecule has 2 heterocycles. The fourth-order valence-electron chi connectivity index (χ4n) is 2.77. The Morgan fingerprint density at radius 2 is 1.67 bits per heavy atom. The number of hydrogen-bond acceptors (Lipinski definition) is 4. The summed E-state index contributed by atoms with van der Waals surface area (Å²) in [6, 6.07) is 10.5. The summed E-state index contributed by atoms with van der Waals surface area (Å²) < 4.78 is 0. The lowest BCUT2D eigenvalue weighted by Gasteiger charge is -2.37. The highest BCUT2D eigenvalue weighted by Crippen LogP contribution is 2.25. The summed E-state index contributed by atoms with van der Waals surface area (Å²) >= 11 is 6.19. The molecule has 1 aromatic heterocycles. The molecule has 0 radical (unpaired) electrons. The molecule has 2 aromatic rings. The standard InChI is InChI=1S/C16H19ClN4/c1-2-14-15(17)18-12-19-16(14)21-10-8-20(9-11-21)13-6-4-3-5-7-13/h3-7,12H,2,8-11H2,1H3. The first-order chi connectivity index (χ1) is 10.3. The molecule has 1 aliphatic heterocycles. The quantitative estimate of drug-likeness (QED) is 0.816. The van der Waals surface area contributed by atoms with Crippen LogP contribution in [0.1, 0.15) is 12.5 Å². The molecule has 110 valence electrons. The van der Waals surface area contributed by atoms with Crippen molar-refractivity contribution in [2.45, 2.75) is 13.3 Å². The second kappa shape index (κ2) is 6.31. The van der Waals surface area contributed by atoms with Gasteiger partial charge >= 0.3 is 0 Å². The van der Waals surface area contributed by atoms with E-state index in [9.17, 15) is 0 Å². The van der Waals surface area contributed by atoms with Crippen LogP contribution in [0.5, 0.6) is 0 Å². The molecule has 1 saturated heterocycles. The topological polar surface area (TPSA) is 32.3 Å². The van der Waals surface area contributed by atoms with Gasteiger partial charge in [0, 0.05) is 37.4 Å². The molecule has 0 aliphatic carbocycles. The number of benzene rings is 1. The molecule has 0 amide bonds. The lowest BCUT2D eigenvalue weighted by Crippen LogP contribution is -2.47. The summed E-state index contributed by atoms with van der Waals surface area (Å²) in [6.45, 7) is 5.99. The molecule has 0 bridgehead atoms. The fraction of sp³-hybridized carbons (Fsp3) is 0.375. The van der Waals surface area contributed by atoms with Gasteiger partial charge in [-0.1, -0.05) is 36.7 Å². The van der Waals surface area contributed by atoms with E-state index in [1.54, 1.807) is 6.33 Å². The van der Waals surface area contributed by atoms with Crippen LogP contribution < -0.4 is 9.80 Å². The van der Waals surface area contributed by atoms with Gasteiger partial charge < -0.3 is 9.80 Å². The Morgan fingerprint density at radius 1 is 1.00 bits per heavy atom. The Morgan fingerprint density at radius 3 is 2.33 bits per heavy atom. The van der Waals surface area contributed by atoms with Crippen LogP contribution in [0.2, 0.25) is 5.15 Å². The molecule has 3 rings (SSSR count). The molecule has 0 atom stereocenters. The second-order valence-corrected chi connectivity index (χ2v) is 5.49. The largest absolute Gasteiger partial charge is 0.368 e. The van der Waals surface area contributed by atoms with Crippen LogP contribution >= 0.6 is 11.6 Å². The molecule has 0 N–H and O–H groups in total. The maximum Gasteiger partial charge on any atom is 0.137 e. The van der Waals surface area contributed by atoms with Crippen LogP contribution in [0.4, 0.5) is 11.5 Å². The van der Waals surface area contributed by atoms with E-state index in [0.717, 1.165) is 44.0 Å². The minimum absolute atomic E-state index is 0.577. The zero-order chi connectivity index (χ0) is 14.7. The Bertz CT molecular complexity index is 594. The molecular weight excluding hydrogens is 284 g/mol. The number of anilines is 2. The van der Waals surface area contributed by atoms with E-state index in [4.69, 9.17) is 11.6 Å². The van der Waals surface area contributed by atoms with Crippen molar-refractivity contribution in [3.63, 3.8) is 0 Å². The molecule has 1 aromatic carbocycles. The lowest BCUT2D eigenvalue weighted by atomic mass is 10.2. The second-order valence-electron chi connectivity index (χ2n) is 5.13. The fourth-order valence-corrected chi connectivity index (χ4v) is 3.04. The normalized spacial score (nSPS) is 15.3. The van der Waals surface area contributed by atoms with Crippen molar-refractivity contribution >= 4 is 23.1 Å². The van der Waals surface area contributed by atoms with E-state index in [1.165, 1.54) is 5.69 Å². The molecule has 4 nitrogen and oxygen atoms in total. The number of nitrogens with zero attached hydrogens (tertiary/aromatic N) is 4. The number of hydrogen-bond donors (Lipinski definition) is 0. The van der Waals surface area contributed by atoms with Gasteiger partial charge in [-0.05, 0) is 18.6 Å². The van der Waals surface area contributed by atoms with E-state index < -0.39 is 0 Å². The highest BCUT2D eigenvalue weighted by Gasteiger charge is 2.21. The molecule has 21 heavy (non-hydrogen) atoms. The predicted octanol–water partition coefficient (Wildman–Crippen LogP) is 3.02. The van der Waals surface area contributed by atoms with Crippen molar-refractivity contribution < 1.29 is 0 Å². The average molecular weight is 303 g/mol. The molecule has 0 spiro atoms. The summed E-state index contributed by atoms with van der Waals surface area (Å²) in [5, 5.41) is 0.577. The van der Waals surface area contributed by atoms with Crippen LogP contribution in [0.15, 0.2) is 36.7 Å². The number of para-hydroxylation sites is 1. The smallest absolute Gasteiger partial charge is 0.137 e. The molecular formula is C16H19ClN4. The maximum absolute atomic E-state index is 6.19. The third kappa shape index (κ3) is 2.95. The minimum Gasteiger partial charge on any atom is -0.368 e. The number of rotatable bonds is 3. The summed E-state index contributed by atoms with van der Waals surface area (Å²) in [6.07, 6.45) is 2.41. The first kappa shape index (κ1) is 14.1. The van der Waals surface area contributed by atoms with Crippen LogP contribution in [-0.2, 0) is 6.42 Å². The van der Waals surface area contributed by atoms with Crippen LogP contribution in [0.25, 0.3) is 0 Å². The number of halogens is 1. The third-order valence-corrected chi connectivity index (χ3v) is 4.25. The van der Waals surface area contributed by atoms with Gasteiger partial charge in [0.25, 0.3) is 0 Å². The minimum atomic E-state index is 0.577. The van der Waals surface area contributed by atoms with Crippen molar-refractivity contribution in [3.8, 4) is 0 Å². The molecule has 5 heteroatoms. The summed E-state index contributed by atoms with van der Waals surface area (Å²) in [5.41, 5.74) is 2.33. The van der Waals surface area contributed by atoms with Crippen LogP contribution in [0.3, 0.4) is 0 Å². The first-order valence-electron chi connectivity index (χ1n) is 7.34. The van der Waals surface area contributed by atoms with Gasteiger partial charge in [0.1, 0.15) is 17.3 Å². The Kier molecular flexibility index (Phi) is 4.25. The summed E-state index contributed by atoms with van der Waals surface area (Å²) in [4.78, 5) is 13.2. The van der Waals surface area contributed by atoms with E-state index in [0.29, 0.717) is 5.15 Å². The van der Waals surface area contributed by atoms with Gasteiger partial charge in [-0.15, -0.1) is 0 Å². The number of piperazine rings is 1. The molecule has 1 fully saturated rings. The van der Waals surface area contributed by atoms with Crippen molar-refractivity contribution in [1.29, 1.82) is 0 Å². The highest BCUT2D eigenvalue weighted by atomic mass is 35.5. The van der Waals surface area contributed by atoms with Gasteiger partial charge in [0.05, 0.1) is 0 Å². The van der Waals surface area contributed by atoms with Crippen LogP contribution in [0, 0.1) is 0 Å². The van der Waals surface area contributed by atoms with Gasteiger partial charge in [0.2, 0.25) is 0 Å². The number of aromatic nitrogens is 2. The third-order valence-electron chi connectivity index (χ3n) is 3.92. The van der Waals surface area contributed by atoms with Gasteiger partial charge in [-0.25, -0.2) is 9.97 Å². The Labute approximate surface area is 130 Å². The van der Waals surface area contributed by atoms with E-state index >= 15 is 0 Å². The van der Waals surface area contributed by atoms with Crippen LogP contribution in [-0.4, -0.2) is 36.1 Å². The SMILES string of the molecule is CCc1c(Cl)ncnc1N1CCN(c2ccccc2)CC1. The van der Waals surface area contributed by atoms with E-state index in [2.05, 4.69) is 57.0 Å². The monoisotopic (exact) mass is 302 g/mol. The Balaban J connectivity index is 1.73. The van der Waals surface area contributed by atoms with Crippen molar-refractivity contribution in [2.24, 2.45) is 0 Å². The first-order valence-corrected chi connectivity index (χ1v) is 7.71. The van der Waals surface area contributed by atoms with Gasteiger partial charge in [-0.2, -0.15) is 0 Å². The predicted molar refractivity (Wildman–Crippen MR) is 87.3 cm³/mol. The zero-order valence-corrected chi connectivity index (χ0v) is 12.9. The summed E-state index contributed by atoms with van der Waals surface area (Å²) in [5.74, 6) is 0.991. The Hall–Kier alpha value is -1.81. The summed E-state index contributed by atoms with van der Waals surface area (Å²) in [7, 11) is 0. The zero-order valence-electron chi connectivity index (χ0n) is 12.2. The molecule has 1 aliphatic rings. The average Bonchev–Trinajstić information content (AvgIpc) is 2.55. The van der Waals surface area contributed by atoms with Crippen molar-refractivity contribution in [1.82, 2.24) is 9.97 Å². The van der Waals surface area contributed by atoms with E-state index in [-0.39, 0.29) is 0 Å². The molecule has 0 saturated carbocycles. The lowest BCUT2D eigenvalue weighted by molar-refractivity contribution is 0.644. The highest BCUT2D eigenvalue weighted by molar-refractivity contribution is 6.30. The van der Waals surface area contributed by atoms with Crippen molar-refractivity contribution in [3.05, 3.63) is 47.4 Å². The van der Waals surface area contributed by atoms with Gasteiger partial charge in [0.15, 0.2) is 0 Å². The van der Waals surface area contributed by atoms with Gasteiger partial charge in [-0.3, -0.25) is 0 Å². The van der Waals surface area contributed by atoms with E-state index in [1.807, 2.05) is 0 Å².